The first-order chi connectivity index (χ1) is 43.9. The maximum Gasteiger partial charge on any atom is 0.153 e. The molecule has 0 saturated carbocycles. The van der Waals surface area contributed by atoms with Gasteiger partial charge >= 0.3 is 0 Å². The van der Waals surface area contributed by atoms with E-state index in [-0.39, 0.29) is 39.7 Å². The van der Waals surface area contributed by atoms with Gasteiger partial charge in [-0.05, 0) is 236 Å². The topological polar surface area (TPSA) is 61.8 Å². The van der Waals surface area contributed by atoms with Crippen molar-refractivity contribution in [3.05, 3.63) is 267 Å². The lowest BCUT2D eigenvalue weighted by molar-refractivity contribution is 0.579. The lowest BCUT2D eigenvalue weighted by atomic mass is 10.0. The highest BCUT2D eigenvalue weighted by Gasteiger charge is 2.19. The maximum absolute atomic E-state index is 13.8. The largest absolute Gasteiger partial charge is 0.206 e. The van der Waals surface area contributed by atoms with Gasteiger partial charge in [0.05, 0.1) is 31.4 Å². The van der Waals surface area contributed by atoms with Gasteiger partial charge in [-0.15, -0.1) is 0 Å². The second kappa shape index (κ2) is 34.0. The van der Waals surface area contributed by atoms with E-state index in [0.717, 1.165) is 69.8 Å². The summed E-state index contributed by atoms with van der Waals surface area (Å²) >= 11 is 21.8. The highest BCUT2D eigenvalue weighted by atomic mass is 32.1. The number of nitrogens with zero attached hydrogens (tertiary/aromatic N) is 5. The fraction of sp³-hybridized carbons (Fsp3) is 0.0714. The third-order valence-electron chi connectivity index (χ3n) is 12.9. The first kappa shape index (κ1) is 71.4. The minimum atomic E-state index is -1.07. The highest BCUT2D eigenvalue weighted by molar-refractivity contribution is 7.78. The summed E-state index contributed by atoms with van der Waals surface area (Å²) in [5, 5.41) is 9.95. The Labute approximate surface area is 547 Å². The van der Waals surface area contributed by atoms with E-state index < -0.39 is 80.8 Å². The van der Waals surface area contributed by atoms with Crippen molar-refractivity contribution >= 4 is 115 Å². The van der Waals surface area contributed by atoms with Crippen molar-refractivity contribution < 1.29 is 52.7 Å². The minimum absolute atomic E-state index is 0.0984. The van der Waals surface area contributed by atoms with E-state index in [4.69, 9.17) is 0 Å². The Kier molecular flexibility index (Phi) is 26.4. The normalized spacial score (nSPS) is 10.0. The number of isothiocyanates is 5. The predicted octanol–water partition coefficient (Wildman–Crippen LogP) is 23.7. The van der Waals surface area contributed by atoms with Gasteiger partial charge in [-0.25, -0.2) is 52.7 Å². The Hall–Kier alpha value is -9.64. The van der Waals surface area contributed by atoms with Gasteiger partial charge in [0, 0.05) is 11.1 Å². The molecule has 0 aromatic heterocycles. The van der Waals surface area contributed by atoms with E-state index in [0.29, 0.717) is 22.3 Å². The molecule has 0 bridgehead atoms. The number of benzene rings is 10. The van der Waals surface area contributed by atoms with Crippen molar-refractivity contribution in [1.29, 1.82) is 0 Å². The fourth-order valence-corrected chi connectivity index (χ4v) is 8.91. The van der Waals surface area contributed by atoms with Crippen LogP contribution in [0.4, 0.5) is 81.1 Å². The summed E-state index contributed by atoms with van der Waals surface area (Å²) in [6, 6.07) is 42.0. The number of hydrogen-bond acceptors (Lipinski definition) is 10. The van der Waals surface area contributed by atoms with E-state index in [1.54, 1.807) is 44.2 Å². The Morgan fingerprint density at radius 1 is 0.228 bits per heavy atom. The van der Waals surface area contributed by atoms with Crippen molar-refractivity contribution in [3.8, 4) is 55.6 Å². The van der Waals surface area contributed by atoms with E-state index in [9.17, 15) is 52.7 Å². The molecule has 10 aromatic rings. The molecule has 5 nitrogen and oxygen atoms in total. The standard InChI is InChI=1S/C14H7F4NS.C14H8F3NS.2C14H9F2NS.C14H10FNS/c1-7-2-9(15)13(10(16)3-7)8-4-11(17)14(19-6-20)12(18)5-8;1-8-2-3-10(11(15)4-8)9-5-12(16)14(18-7-19)13(17)6-9;1-9-2-4-11(12(15)6-9)10-3-5-14(17-8-18)13(16)7-10;1-9-2-4-10(5-3-9)11-6-12(15)14(17-8-18)13(16)7-11;1-10-2-4-11(5-3-10)12-6-7-14(16-9-17)13(15)8-12/h2-5H,1H3;2-6H,1H3;2*2-7H,1H3;2-8H,1H3. The number of aryl methyl sites for hydroxylation is 5. The summed E-state index contributed by atoms with van der Waals surface area (Å²) in [4.78, 5) is 17.1. The van der Waals surface area contributed by atoms with Crippen molar-refractivity contribution in [2.24, 2.45) is 25.0 Å². The Morgan fingerprint density at radius 2 is 0.511 bits per heavy atom. The van der Waals surface area contributed by atoms with E-state index in [1.807, 2.05) is 83.9 Å². The van der Waals surface area contributed by atoms with Gasteiger partial charge in [-0.3, -0.25) is 0 Å². The monoisotopic (exact) mass is 1340 g/mol. The zero-order chi connectivity index (χ0) is 67.3. The molecule has 462 valence electrons. The number of halogens is 12. The molecule has 0 heterocycles. The fourth-order valence-electron chi connectivity index (χ4n) is 8.44. The number of rotatable bonds is 10. The average molecular weight is 1340 g/mol. The molecule has 0 radical (unpaired) electrons. The van der Waals surface area contributed by atoms with Gasteiger partial charge in [-0.2, -0.15) is 25.0 Å². The van der Waals surface area contributed by atoms with Crippen LogP contribution in [0.15, 0.2) is 195 Å². The smallest absolute Gasteiger partial charge is 0.153 e. The molecule has 0 spiro atoms. The van der Waals surface area contributed by atoms with E-state index in [1.165, 1.54) is 61.0 Å². The van der Waals surface area contributed by atoms with E-state index in [2.05, 4.69) is 96.4 Å². The summed E-state index contributed by atoms with van der Waals surface area (Å²) in [5.74, 6) is -9.10. The van der Waals surface area contributed by atoms with Gasteiger partial charge in [0.25, 0.3) is 0 Å². The summed E-state index contributed by atoms with van der Waals surface area (Å²) < 4.78 is 164. The van der Waals surface area contributed by atoms with Crippen molar-refractivity contribution in [3.63, 3.8) is 0 Å². The molecule has 0 N–H and O–H groups in total. The highest BCUT2D eigenvalue weighted by Crippen LogP contribution is 2.35. The van der Waals surface area contributed by atoms with Crippen LogP contribution < -0.4 is 0 Å². The first-order valence-corrected chi connectivity index (χ1v) is 28.5. The number of thiocarbonyl (C=S) groups is 5. The second-order valence-corrected chi connectivity index (χ2v) is 20.4. The summed E-state index contributed by atoms with van der Waals surface area (Å²) in [5.41, 5.74) is 6.25. The lowest BCUT2D eigenvalue weighted by Crippen LogP contribution is -1.94. The molecule has 92 heavy (non-hydrogen) atoms. The molecule has 22 heteroatoms. The maximum atomic E-state index is 13.8. The molecule has 0 amide bonds. The van der Waals surface area contributed by atoms with Crippen molar-refractivity contribution in [1.82, 2.24) is 0 Å². The molecule has 10 aromatic carbocycles. The third-order valence-corrected chi connectivity index (χ3v) is 13.3. The third kappa shape index (κ3) is 19.4. The molecule has 0 aliphatic rings. The summed E-state index contributed by atoms with van der Waals surface area (Å²) in [7, 11) is 0. The van der Waals surface area contributed by atoms with Crippen LogP contribution in [-0.4, -0.2) is 25.8 Å². The molecule has 0 saturated heterocycles. The quantitative estimate of drug-likeness (QED) is 0.0776. The predicted molar refractivity (Wildman–Crippen MR) is 356 cm³/mol. The van der Waals surface area contributed by atoms with Gasteiger partial charge in [0.15, 0.2) is 34.9 Å². The van der Waals surface area contributed by atoms with Crippen LogP contribution >= 0.6 is 61.1 Å². The summed E-state index contributed by atoms with van der Waals surface area (Å²) in [6.45, 7) is 8.99. The minimum Gasteiger partial charge on any atom is -0.206 e. The lowest BCUT2D eigenvalue weighted by Gasteiger charge is -2.08. The Bertz CT molecular complexity index is 4560. The zero-order valence-corrected chi connectivity index (χ0v) is 52.6. The second-order valence-electron chi connectivity index (χ2n) is 19.5. The van der Waals surface area contributed by atoms with Crippen LogP contribution in [0.25, 0.3) is 55.6 Å². The molecule has 0 aliphatic carbocycles. The van der Waals surface area contributed by atoms with Gasteiger partial charge in [0.1, 0.15) is 63.3 Å². The Balaban J connectivity index is 0.000000183. The van der Waals surface area contributed by atoms with Crippen LogP contribution in [0.2, 0.25) is 0 Å². The summed E-state index contributed by atoms with van der Waals surface area (Å²) in [6.07, 6.45) is 0. The molecular formula is C70H43F12N5S5. The van der Waals surface area contributed by atoms with Crippen LogP contribution in [-0.2, 0) is 0 Å². The van der Waals surface area contributed by atoms with Crippen molar-refractivity contribution in [2.45, 2.75) is 34.6 Å². The molecule has 10 rings (SSSR count). The van der Waals surface area contributed by atoms with Gasteiger partial charge in [-0.1, -0.05) is 96.1 Å². The van der Waals surface area contributed by atoms with E-state index >= 15 is 0 Å². The molecule has 0 unspecified atom stereocenters. The average Bonchev–Trinajstić information content (AvgIpc) is 0.837. The number of hydrogen-bond donors (Lipinski definition) is 0. The zero-order valence-electron chi connectivity index (χ0n) is 48.5. The Morgan fingerprint density at radius 3 is 0.870 bits per heavy atom. The van der Waals surface area contributed by atoms with Gasteiger partial charge in [0.2, 0.25) is 0 Å². The molecular weight excluding hydrogens is 1300 g/mol. The number of aliphatic imine (C=N–C) groups is 5. The van der Waals surface area contributed by atoms with Gasteiger partial charge < -0.3 is 0 Å². The molecule has 0 fully saturated rings. The van der Waals surface area contributed by atoms with Crippen LogP contribution in [0.5, 0.6) is 0 Å². The molecule has 0 atom stereocenters. The first-order valence-electron chi connectivity index (χ1n) is 26.5. The van der Waals surface area contributed by atoms with Crippen LogP contribution in [0, 0.1) is 104 Å². The van der Waals surface area contributed by atoms with Crippen LogP contribution in [0.1, 0.15) is 27.8 Å². The van der Waals surface area contributed by atoms with Crippen molar-refractivity contribution in [2.75, 3.05) is 0 Å². The van der Waals surface area contributed by atoms with Crippen LogP contribution in [0.3, 0.4) is 0 Å². The SMILES string of the molecule is Cc1cc(F)c(-c2cc(F)c(N=C=S)c(F)c2)c(F)c1.Cc1ccc(-c2cc(F)c(N=C=S)c(F)c2)c(F)c1.Cc1ccc(-c2cc(F)c(N=C=S)c(F)c2)cc1.Cc1ccc(-c2ccc(N=C=S)c(F)c2)c(F)c1.Cc1ccc(-c2ccc(N=C=S)c(F)c2)cc1. The molecule has 0 aliphatic heterocycles.